The summed E-state index contributed by atoms with van der Waals surface area (Å²) >= 11 is 0. The van der Waals surface area contributed by atoms with Crippen LogP contribution in [0.15, 0.2) is 108 Å². The zero-order chi connectivity index (χ0) is 22.9. The Morgan fingerprint density at radius 1 is 0.788 bits per heavy atom. The van der Waals surface area contributed by atoms with Gasteiger partial charge in [-0.2, -0.15) is 0 Å². The number of nitrogens with one attached hydrogen (secondary N) is 1. The largest absolute Gasteiger partial charge is 0.459 e. The molecule has 0 atom stereocenters. The quantitative estimate of drug-likeness (QED) is 0.347. The fourth-order valence-corrected chi connectivity index (χ4v) is 3.33. The maximum absolute atomic E-state index is 13.0. The van der Waals surface area contributed by atoms with Crippen LogP contribution in [0, 0.1) is 0 Å². The van der Waals surface area contributed by atoms with E-state index in [0.29, 0.717) is 36.5 Å². The van der Waals surface area contributed by atoms with Crippen molar-refractivity contribution in [2.75, 3.05) is 18.0 Å². The highest BCUT2D eigenvalue weighted by atomic mass is 16.5. The molecule has 33 heavy (non-hydrogen) atoms. The van der Waals surface area contributed by atoms with Gasteiger partial charge in [-0.1, -0.05) is 36.4 Å². The van der Waals surface area contributed by atoms with Crippen LogP contribution in [0.5, 0.6) is 11.5 Å². The third-order valence-corrected chi connectivity index (χ3v) is 4.98. The van der Waals surface area contributed by atoms with E-state index in [2.05, 4.69) is 5.32 Å². The molecule has 6 nitrogen and oxygen atoms in total. The molecule has 0 aliphatic rings. The molecule has 4 rings (SSSR count). The minimum Gasteiger partial charge on any atom is -0.459 e. The lowest BCUT2D eigenvalue weighted by Gasteiger charge is -2.22. The molecule has 1 N–H and O–H groups in total. The zero-order valence-electron chi connectivity index (χ0n) is 18.0. The first-order valence-corrected chi connectivity index (χ1v) is 10.7. The van der Waals surface area contributed by atoms with E-state index in [1.807, 2.05) is 72.8 Å². The maximum atomic E-state index is 13.0. The van der Waals surface area contributed by atoms with Crippen molar-refractivity contribution in [2.45, 2.75) is 6.42 Å². The second-order valence-electron chi connectivity index (χ2n) is 7.32. The van der Waals surface area contributed by atoms with Crippen molar-refractivity contribution in [1.29, 1.82) is 0 Å². The Morgan fingerprint density at radius 3 is 2.12 bits per heavy atom. The molecule has 0 saturated heterocycles. The molecule has 0 aliphatic heterocycles. The van der Waals surface area contributed by atoms with E-state index in [1.165, 1.54) is 6.26 Å². The third-order valence-electron chi connectivity index (χ3n) is 4.98. The third kappa shape index (κ3) is 5.89. The van der Waals surface area contributed by atoms with Crippen molar-refractivity contribution in [3.8, 4) is 11.5 Å². The van der Waals surface area contributed by atoms with Crippen LogP contribution in [0.3, 0.4) is 0 Å². The smallest absolute Gasteiger partial charge is 0.293 e. The lowest BCUT2D eigenvalue weighted by molar-refractivity contribution is 0.0953. The first-order chi connectivity index (χ1) is 16.2. The number of ether oxygens (including phenoxy) is 1. The molecule has 0 radical (unpaired) electrons. The number of rotatable bonds is 9. The van der Waals surface area contributed by atoms with Crippen LogP contribution in [0.1, 0.15) is 27.3 Å². The van der Waals surface area contributed by atoms with Crippen LogP contribution in [-0.4, -0.2) is 24.9 Å². The van der Waals surface area contributed by atoms with Gasteiger partial charge in [0.15, 0.2) is 5.76 Å². The molecule has 0 aliphatic carbocycles. The van der Waals surface area contributed by atoms with Crippen LogP contribution >= 0.6 is 0 Å². The van der Waals surface area contributed by atoms with Crippen LogP contribution in [0.2, 0.25) is 0 Å². The second-order valence-corrected chi connectivity index (χ2v) is 7.32. The minimum atomic E-state index is -0.244. The summed E-state index contributed by atoms with van der Waals surface area (Å²) in [6.45, 7) is 0.846. The van der Waals surface area contributed by atoms with Gasteiger partial charge < -0.3 is 19.4 Å². The molecule has 0 spiro atoms. The van der Waals surface area contributed by atoms with Gasteiger partial charge in [0.25, 0.3) is 11.8 Å². The average molecular weight is 440 g/mol. The van der Waals surface area contributed by atoms with Gasteiger partial charge in [-0.25, -0.2) is 0 Å². The molecule has 0 bridgehead atoms. The van der Waals surface area contributed by atoms with Crippen molar-refractivity contribution in [1.82, 2.24) is 5.32 Å². The van der Waals surface area contributed by atoms with Gasteiger partial charge in [-0.15, -0.1) is 0 Å². The number of furan rings is 1. The molecule has 166 valence electrons. The predicted octanol–water partition coefficient (Wildman–Crippen LogP) is 5.54. The van der Waals surface area contributed by atoms with E-state index >= 15 is 0 Å². The summed E-state index contributed by atoms with van der Waals surface area (Å²) in [5, 5.41) is 2.90. The molecule has 0 saturated carbocycles. The molecule has 6 heteroatoms. The molecule has 1 aromatic heterocycles. The van der Waals surface area contributed by atoms with Crippen LogP contribution in [0.25, 0.3) is 0 Å². The summed E-state index contributed by atoms with van der Waals surface area (Å²) in [7, 11) is 0. The van der Waals surface area contributed by atoms with Crippen LogP contribution in [0.4, 0.5) is 5.69 Å². The van der Waals surface area contributed by atoms with Gasteiger partial charge in [0.1, 0.15) is 11.5 Å². The van der Waals surface area contributed by atoms with Gasteiger partial charge in [0.2, 0.25) is 0 Å². The van der Waals surface area contributed by atoms with Crippen LogP contribution < -0.4 is 15.0 Å². The summed E-state index contributed by atoms with van der Waals surface area (Å²) < 4.78 is 11.2. The average Bonchev–Trinajstić information content (AvgIpc) is 3.41. The number of benzene rings is 3. The van der Waals surface area contributed by atoms with Gasteiger partial charge in [0.05, 0.1) is 6.26 Å². The summed E-state index contributed by atoms with van der Waals surface area (Å²) in [4.78, 5) is 26.9. The predicted molar refractivity (Wildman–Crippen MR) is 127 cm³/mol. The first-order valence-electron chi connectivity index (χ1n) is 10.7. The highest BCUT2D eigenvalue weighted by Gasteiger charge is 2.20. The number of carbonyl (C=O) groups is 2. The SMILES string of the molecule is O=C(NCCCN(C(=O)c1ccco1)c1ccc(Oc2ccccc2)cc1)c1ccccc1. The van der Waals surface area contributed by atoms with E-state index in [0.717, 1.165) is 5.75 Å². The van der Waals surface area contributed by atoms with E-state index < -0.39 is 0 Å². The van der Waals surface area contributed by atoms with Crippen LogP contribution in [-0.2, 0) is 0 Å². The maximum Gasteiger partial charge on any atom is 0.293 e. The van der Waals surface area contributed by atoms with Crippen molar-refractivity contribution >= 4 is 17.5 Å². The summed E-state index contributed by atoms with van der Waals surface area (Å²) in [6, 6.07) is 29.2. The topological polar surface area (TPSA) is 71.8 Å². The molecular weight excluding hydrogens is 416 g/mol. The lowest BCUT2D eigenvalue weighted by atomic mass is 10.2. The van der Waals surface area contributed by atoms with Crippen molar-refractivity contribution in [3.63, 3.8) is 0 Å². The Hall–Kier alpha value is -4.32. The number of anilines is 1. The van der Waals surface area contributed by atoms with E-state index in [1.54, 1.807) is 29.2 Å². The number of carbonyl (C=O) groups excluding carboxylic acids is 2. The molecule has 3 aromatic carbocycles. The molecule has 1 heterocycles. The lowest BCUT2D eigenvalue weighted by Crippen LogP contribution is -2.34. The summed E-state index contributed by atoms with van der Waals surface area (Å²) in [5.41, 5.74) is 1.32. The highest BCUT2D eigenvalue weighted by molar-refractivity contribution is 6.04. The number of para-hydroxylation sites is 1. The Balaban J connectivity index is 1.41. The van der Waals surface area contributed by atoms with E-state index in [4.69, 9.17) is 9.15 Å². The fourth-order valence-electron chi connectivity index (χ4n) is 3.33. The van der Waals surface area contributed by atoms with Crippen molar-refractivity contribution in [2.24, 2.45) is 0 Å². The summed E-state index contributed by atoms with van der Waals surface area (Å²) in [5.74, 6) is 1.29. The molecular formula is C27H24N2O4. The van der Waals surface area contributed by atoms with Gasteiger partial charge in [-0.3, -0.25) is 9.59 Å². The summed E-state index contributed by atoms with van der Waals surface area (Å²) in [6.07, 6.45) is 2.05. The Labute approximate surface area is 192 Å². The van der Waals surface area contributed by atoms with Gasteiger partial charge in [0, 0.05) is 24.3 Å². The van der Waals surface area contributed by atoms with Crippen molar-refractivity contribution in [3.05, 3.63) is 115 Å². The second kappa shape index (κ2) is 10.8. The fraction of sp³-hybridized carbons (Fsp3) is 0.111. The highest BCUT2D eigenvalue weighted by Crippen LogP contribution is 2.25. The number of nitrogens with zero attached hydrogens (tertiary/aromatic N) is 1. The normalized spacial score (nSPS) is 10.4. The Bertz CT molecular complexity index is 1160. The van der Waals surface area contributed by atoms with Crippen molar-refractivity contribution < 1.29 is 18.7 Å². The zero-order valence-corrected chi connectivity index (χ0v) is 18.0. The van der Waals surface area contributed by atoms with E-state index in [9.17, 15) is 9.59 Å². The van der Waals surface area contributed by atoms with Gasteiger partial charge in [-0.05, 0) is 67.1 Å². The van der Waals surface area contributed by atoms with E-state index in [-0.39, 0.29) is 17.6 Å². The number of hydrogen-bond donors (Lipinski definition) is 1. The first kappa shape index (κ1) is 21.9. The standard InChI is InChI=1S/C27H24N2O4/c30-26(21-9-3-1-4-10-21)28-18-8-19-29(27(31)25-13-7-20-32-25)22-14-16-24(17-15-22)33-23-11-5-2-6-12-23/h1-7,9-17,20H,8,18-19H2,(H,28,30). The van der Waals surface area contributed by atoms with Gasteiger partial charge >= 0.3 is 0 Å². The monoisotopic (exact) mass is 440 g/mol. The molecule has 4 aromatic rings. The Morgan fingerprint density at radius 2 is 1.45 bits per heavy atom. The number of amides is 2. The molecule has 0 fully saturated rings. The number of hydrogen-bond acceptors (Lipinski definition) is 4. The minimum absolute atomic E-state index is 0.137. The molecule has 0 unspecified atom stereocenters. The Kier molecular flexibility index (Phi) is 7.18. The molecule has 2 amide bonds.